The maximum absolute atomic E-state index is 0. The van der Waals surface area contributed by atoms with Crippen LogP contribution in [0.3, 0.4) is 0 Å². The fraction of sp³-hybridized carbons (Fsp3) is 0. The average molecular weight is 630 g/mol. The molecule has 11 heteroatoms. The maximum Gasteiger partial charge on any atom is 4.00 e. The van der Waals surface area contributed by atoms with E-state index in [1.165, 1.54) is 0 Å². The topological polar surface area (TPSA) is 200 Å². The molecule has 0 unspecified atom stereocenters. The first-order valence-corrected chi connectivity index (χ1v) is 0. The van der Waals surface area contributed by atoms with Gasteiger partial charge in [0.05, 0.1) is 0 Å². The molecule has 0 heterocycles. The van der Waals surface area contributed by atoms with Gasteiger partial charge in [-0.2, -0.15) is 0 Å². The predicted molar refractivity (Wildman–Crippen MR) is 16.3 cm³/mol. The molecule has 0 fully saturated rings. The van der Waals surface area contributed by atoms with E-state index in [-0.39, 0.29) is 170 Å². The molecule has 58 valence electrons. The zero-order valence-corrected chi connectivity index (χ0v) is 16.8. The van der Waals surface area contributed by atoms with Crippen molar-refractivity contribution in [2.45, 2.75) is 0 Å². The summed E-state index contributed by atoms with van der Waals surface area (Å²) in [5.41, 5.74) is 0. The van der Waals surface area contributed by atoms with Gasteiger partial charge in [0.15, 0.2) is 0 Å². The second-order valence-corrected chi connectivity index (χ2v) is 0. The summed E-state index contributed by atoms with van der Waals surface area (Å²) >= 11 is 0. The van der Waals surface area contributed by atoms with Crippen LogP contribution in [0.15, 0.2) is 0 Å². The van der Waals surface area contributed by atoms with Crippen LogP contribution < -0.4 is 0 Å². The van der Waals surface area contributed by atoms with Crippen LogP contribution in [0.2, 0.25) is 0 Å². The molecule has 0 aromatic heterocycles. The summed E-state index contributed by atoms with van der Waals surface area (Å²) in [5, 5.41) is 0. The third-order valence-corrected chi connectivity index (χ3v) is 0. The normalized spacial score (nSPS) is 0. The molecule has 11 heavy (non-hydrogen) atoms. The van der Waals surface area contributed by atoms with Crippen LogP contribution in [0.4, 0.5) is 0 Å². The Morgan fingerprint density at radius 2 is 0.273 bits per heavy atom. The first-order valence-electron chi connectivity index (χ1n) is 0. The van der Waals surface area contributed by atoms with Crippen LogP contribution in [-0.4, -0.2) is 47.8 Å². The van der Waals surface area contributed by atoms with Crippen molar-refractivity contribution in [1.82, 2.24) is 0 Å². The molecule has 0 bridgehead atoms. The Morgan fingerprint density at radius 1 is 0.273 bits per heavy atom. The summed E-state index contributed by atoms with van der Waals surface area (Å²) in [6, 6.07) is 0. The van der Waals surface area contributed by atoms with E-state index in [1.54, 1.807) is 0 Å². The van der Waals surface area contributed by atoms with Crippen LogP contribution in [-0.2, 0) is 38.3 Å². The van der Waals surface area contributed by atoms with Crippen molar-refractivity contribution in [3.63, 3.8) is 0 Å². The molecule has 0 spiro atoms. The molecule has 7 nitrogen and oxygen atoms in total. The van der Waals surface area contributed by atoms with Crippen molar-refractivity contribution >= 4 is 47.8 Å². The van der Waals surface area contributed by atoms with Gasteiger partial charge in [0.1, 0.15) is 0 Å². The van der Waals surface area contributed by atoms with Gasteiger partial charge < -0.3 is 38.3 Å². The number of hydrogen-bond acceptors (Lipinski definition) is 0. The van der Waals surface area contributed by atoms with E-state index in [4.69, 9.17) is 0 Å². The van der Waals surface area contributed by atoms with Crippen molar-refractivity contribution in [3.8, 4) is 0 Å². The SMILES string of the molecule is [Ce+3].[Ce+3].[O-2].[O-2].[O-2].[O-2].[O-2].[O-2].[O-2].[Sn+4].[Sn+4]. The molecule has 0 aliphatic rings. The zero-order chi connectivity index (χ0) is 0. The maximum atomic E-state index is 0. The monoisotopic (exact) mass is 632 g/mol. The van der Waals surface area contributed by atoms with E-state index in [9.17, 15) is 0 Å². The largest absolute Gasteiger partial charge is 4.00 e. The van der Waals surface area contributed by atoms with E-state index in [2.05, 4.69) is 0 Å². The number of hydrogen-bond donors (Lipinski definition) is 0. The summed E-state index contributed by atoms with van der Waals surface area (Å²) in [6.45, 7) is 0. The quantitative estimate of drug-likeness (QED) is 0.279. The van der Waals surface area contributed by atoms with Gasteiger partial charge in [0.25, 0.3) is 0 Å². The van der Waals surface area contributed by atoms with Crippen molar-refractivity contribution in [1.29, 1.82) is 0 Å². The molecule has 0 saturated carbocycles. The summed E-state index contributed by atoms with van der Waals surface area (Å²) in [5.74, 6) is 0. The molecule has 0 aromatic carbocycles. The van der Waals surface area contributed by atoms with Crippen molar-refractivity contribution in [3.05, 3.63) is 0 Å². The molecular weight excluding hydrogens is 630 g/mol. The van der Waals surface area contributed by atoms with Gasteiger partial charge in [-0.05, 0) is 0 Å². The zero-order valence-electron chi connectivity index (χ0n) is 4.86. The van der Waals surface area contributed by atoms with Gasteiger partial charge in [-0.3, -0.25) is 0 Å². The van der Waals surface area contributed by atoms with Crippen LogP contribution >= 0.6 is 0 Å². The van der Waals surface area contributed by atoms with Crippen LogP contribution in [0.1, 0.15) is 0 Å². The Kier molecular flexibility index (Phi) is 2370. The third kappa shape index (κ3) is 124. The van der Waals surface area contributed by atoms with Crippen LogP contribution in [0, 0.1) is 83.5 Å². The Labute approximate surface area is 166 Å². The minimum Gasteiger partial charge on any atom is -2.00 e. The first-order chi connectivity index (χ1) is 0. The van der Waals surface area contributed by atoms with Gasteiger partial charge in [0.2, 0.25) is 0 Å². The Bertz CT molecular complexity index is 14.4. The number of rotatable bonds is 0. The van der Waals surface area contributed by atoms with E-state index < -0.39 is 0 Å². The standard InChI is InChI=1S/2Ce.7O.2Sn/q2*+3;7*-2;2*+4. The Morgan fingerprint density at radius 3 is 0.273 bits per heavy atom. The molecule has 2 radical (unpaired) electrons. The minimum absolute atomic E-state index is 0. The van der Waals surface area contributed by atoms with Crippen LogP contribution in [0.5, 0.6) is 0 Å². The molecule has 0 amide bonds. The molecule has 0 rings (SSSR count). The van der Waals surface area contributed by atoms with Crippen LogP contribution in [0.25, 0.3) is 0 Å². The van der Waals surface area contributed by atoms with Gasteiger partial charge in [-0.25, -0.2) is 0 Å². The van der Waals surface area contributed by atoms with E-state index in [1.807, 2.05) is 0 Å². The molecule has 0 saturated heterocycles. The van der Waals surface area contributed by atoms with Gasteiger partial charge in [0, 0.05) is 0 Å². The second-order valence-electron chi connectivity index (χ2n) is 0. The minimum atomic E-state index is 0. The van der Waals surface area contributed by atoms with Crippen molar-refractivity contribution < 1.29 is 122 Å². The predicted octanol–water partition coefficient (Wildman–Crippen LogP) is -1.59. The fourth-order valence-corrected chi connectivity index (χ4v) is 0. The van der Waals surface area contributed by atoms with Gasteiger partial charge in [-0.1, -0.05) is 0 Å². The second kappa shape index (κ2) is 145. The van der Waals surface area contributed by atoms with Crippen molar-refractivity contribution in [2.75, 3.05) is 0 Å². The third-order valence-electron chi connectivity index (χ3n) is 0. The fourth-order valence-electron chi connectivity index (χ4n) is 0. The summed E-state index contributed by atoms with van der Waals surface area (Å²) in [6.07, 6.45) is 0. The smallest absolute Gasteiger partial charge is 2.00 e. The average Bonchev–Trinajstić information content (AvgIpc) is 0. The Balaban J connectivity index is 0. The van der Waals surface area contributed by atoms with Gasteiger partial charge in [-0.15, -0.1) is 0 Å². The first kappa shape index (κ1) is 180. The summed E-state index contributed by atoms with van der Waals surface area (Å²) < 4.78 is 0. The molecule has 0 atom stereocenters. The van der Waals surface area contributed by atoms with E-state index in [0.717, 1.165) is 0 Å². The Hall–Kier alpha value is 4.07. The van der Waals surface area contributed by atoms with Crippen molar-refractivity contribution in [2.24, 2.45) is 0 Å². The summed E-state index contributed by atoms with van der Waals surface area (Å²) in [7, 11) is 0. The molecule has 0 aliphatic heterocycles. The van der Waals surface area contributed by atoms with E-state index in [0.29, 0.717) is 0 Å². The molecule has 0 aromatic rings. The molecule has 0 aliphatic carbocycles. The van der Waals surface area contributed by atoms with Gasteiger partial charge >= 0.3 is 131 Å². The molecule has 0 N–H and O–H groups in total. The summed E-state index contributed by atoms with van der Waals surface area (Å²) in [4.78, 5) is 0. The molecular formula is Ce2O7Sn2. The van der Waals surface area contributed by atoms with E-state index >= 15 is 0 Å².